The highest BCUT2D eigenvalue weighted by atomic mass is 32.1. The number of alkyl halides is 2. The van der Waals surface area contributed by atoms with Crippen LogP contribution in [0.25, 0.3) is 10.1 Å². The number of fused-ring (bicyclic) bond motifs is 1. The molecule has 1 aromatic carbocycles. The van der Waals surface area contributed by atoms with E-state index in [2.05, 4.69) is 0 Å². The highest BCUT2D eigenvalue weighted by Gasteiger charge is 2.53. The molecule has 5 nitrogen and oxygen atoms in total. The second kappa shape index (κ2) is 9.58. The number of benzene rings is 1. The predicted molar refractivity (Wildman–Crippen MR) is 113 cm³/mol. The molecule has 0 aliphatic carbocycles. The number of amides is 1. The van der Waals surface area contributed by atoms with Gasteiger partial charge in [0.2, 0.25) is 5.91 Å². The van der Waals surface area contributed by atoms with E-state index in [0.29, 0.717) is 21.4 Å². The number of rotatable bonds is 9. The summed E-state index contributed by atoms with van der Waals surface area (Å²) in [4.78, 5) is 36.9. The van der Waals surface area contributed by atoms with Gasteiger partial charge in [0.05, 0.1) is 10.4 Å². The summed E-state index contributed by atoms with van der Waals surface area (Å²) in [5.74, 6) is -0.505. The Morgan fingerprint density at radius 1 is 1.27 bits per heavy atom. The molecule has 0 bridgehead atoms. The van der Waals surface area contributed by atoms with Crippen molar-refractivity contribution in [1.82, 2.24) is 4.90 Å². The summed E-state index contributed by atoms with van der Waals surface area (Å²) in [6.45, 7) is 3.52. The van der Waals surface area contributed by atoms with Crippen LogP contribution >= 0.6 is 19.4 Å². The molecule has 2 aromatic rings. The first-order valence-corrected chi connectivity index (χ1v) is 12.2. The van der Waals surface area contributed by atoms with Gasteiger partial charge in [0.15, 0.2) is 5.78 Å². The minimum atomic E-state index is -3.84. The second-order valence-corrected chi connectivity index (χ2v) is 9.87. The van der Waals surface area contributed by atoms with Crippen molar-refractivity contribution in [3.63, 3.8) is 0 Å². The van der Waals surface area contributed by atoms with Gasteiger partial charge in [0.1, 0.15) is 0 Å². The van der Waals surface area contributed by atoms with Crippen LogP contribution in [0.5, 0.6) is 0 Å². The summed E-state index contributed by atoms with van der Waals surface area (Å²) in [7, 11) is -3.70. The minimum Gasteiger partial charge on any atom is -0.342 e. The first-order valence-electron chi connectivity index (χ1n) is 10.1. The summed E-state index contributed by atoms with van der Waals surface area (Å²) >= 11 is 1.19. The van der Waals surface area contributed by atoms with E-state index >= 15 is 0 Å². The zero-order valence-corrected chi connectivity index (χ0v) is 18.5. The number of nitrogens with zero attached hydrogens (tertiary/aromatic N) is 1. The van der Waals surface area contributed by atoms with E-state index in [1.807, 2.05) is 11.8 Å². The van der Waals surface area contributed by atoms with Gasteiger partial charge in [-0.2, -0.15) is 4.89 Å². The maximum atomic E-state index is 13.9. The number of Topliss-reactive ketones (excluding diaryl/α,β-unsaturated/α-hetero) is 1. The fourth-order valence-electron chi connectivity index (χ4n) is 3.76. The molecule has 9 heteroatoms. The Morgan fingerprint density at radius 3 is 2.60 bits per heavy atom. The summed E-state index contributed by atoms with van der Waals surface area (Å²) < 4.78 is 39.3. The smallest absolute Gasteiger partial charge is 0.342 e. The van der Waals surface area contributed by atoms with Gasteiger partial charge in [-0.3, -0.25) is 9.59 Å². The number of carbonyl (C=O) groups excluding carboxylic acids is 2. The maximum Gasteiger partial charge on any atom is 0.589 e. The number of thiophene rings is 1. The lowest BCUT2D eigenvalue weighted by Gasteiger charge is -2.22. The number of carbonyl (C=O) groups is 2. The second-order valence-electron chi connectivity index (χ2n) is 7.68. The molecule has 3 rings (SSSR count). The van der Waals surface area contributed by atoms with Crippen LogP contribution in [0.4, 0.5) is 8.78 Å². The largest absolute Gasteiger partial charge is 0.589 e. The Labute approximate surface area is 178 Å². The standard InChI is InChI=1S/C21H24F2NO4PS/c1-2-3-6-14(20(26)24-9-4-5-10-24)12-17(25)19-13-15-11-16(7-8-18(15)30-19)21(22,23)29(27)28/h7-8,11,13-14H,2-6,9-10,12H2,1H3/p+1/t14-/m1/s1. The first-order chi connectivity index (χ1) is 14.2. The molecule has 1 fully saturated rings. The maximum absolute atomic E-state index is 13.9. The topological polar surface area (TPSA) is 74.7 Å². The molecule has 1 aliphatic rings. The van der Waals surface area contributed by atoms with E-state index in [1.165, 1.54) is 23.5 Å². The van der Waals surface area contributed by atoms with E-state index in [-0.39, 0.29) is 24.0 Å². The van der Waals surface area contributed by atoms with Crippen LogP contribution in [0.15, 0.2) is 24.3 Å². The quantitative estimate of drug-likeness (QED) is 0.389. The van der Waals surface area contributed by atoms with Crippen LogP contribution in [0, 0.1) is 5.92 Å². The molecule has 0 saturated carbocycles. The molecular formula is C21H25F2NO4PS+. The summed E-state index contributed by atoms with van der Waals surface area (Å²) in [6, 6.07) is 5.22. The number of ketones is 1. The average Bonchev–Trinajstić information content (AvgIpc) is 3.39. The summed E-state index contributed by atoms with van der Waals surface area (Å²) in [5.41, 5.74) is -4.40. The third-order valence-electron chi connectivity index (χ3n) is 5.48. The first kappa shape index (κ1) is 22.9. The highest BCUT2D eigenvalue weighted by Crippen LogP contribution is 2.48. The van der Waals surface area contributed by atoms with Crippen LogP contribution in [0.3, 0.4) is 0 Å². The van der Waals surface area contributed by atoms with Crippen molar-refractivity contribution >= 4 is 41.1 Å². The van der Waals surface area contributed by atoms with Crippen molar-refractivity contribution < 1.29 is 27.8 Å². The van der Waals surface area contributed by atoms with Gasteiger partial charge in [-0.15, -0.1) is 20.1 Å². The van der Waals surface area contributed by atoms with Crippen molar-refractivity contribution in [3.8, 4) is 0 Å². The van der Waals surface area contributed by atoms with Crippen LogP contribution in [-0.2, 0) is 15.0 Å². The van der Waals surface area contributed by atoms with Gasteiger partial charge in [0, 0.05) is 30.1 Å². The number of halogens is 2. The fraction of sp³-hybridized carbons (Fsp3) is 0.524. The van der Waals surface area contributed by atoms with E-state index in [9.17, 15) is 22.9 Å². The lowest BCUT2D eigenvalue weighted by atomic mass is 9.94. The predicted octanol–water partition coefficient (Wildman–Crippen LogP) is 5.69. The van der Waals surface area contributed by atoms with E-state index < -0.39 is 19.3 Å². The SMILES string of the molecule is CCCC[C@H](CC(=O)c1cc2cc(C(F)(F)[P+](=O)O)ccc2s1)C(=O)N1CCCC1. The van der Waals surface area contributed by atoms with Crippen molar-refractivity contribution in [3.05, 3.63) is 34.7 Å². The molecule has 1 unspecified atom stereocenters. The number of likely N-dealkylation sites (tertiary alicyclic amines) is 1. The Bertz CT molecular complexity index is 956. The lowest BCUT2D eigenvalue weighted by Crippen LogP contribution is -2.34. The van der Waals surface area contributed by atoms with E-state index in [0.717, 1.165) is 50.9 Å². The van der Waals surface area contributed by atoms with Crippen molar-refractivity contribution in [2.75, 3.05) is 13.1 Å². The molecule has 1 aliphatic heterocycles. The van der Waals surface area contributed by atoms with E-state index in [1.54, 1.807) is 0 Å². The summed E-state index contributed by atoms with van der Waals surface area (Å²) in [6.07, 6.45) is 4.54. The fourth-order valence-corrected chi connectivity index (χ4v) is 5.11. The number of unbranched alkanes of at least 4 members (excludes halogenated alkanes) is 1. The van der Waals surface area contributed by atoms with Gasteiger partial charge < -0.3 is 4.90 Å². The molecule has 2 atom stereocenters. The van der Waals surface area contributed by atoms with Gasteiger partial charge in [-0.25, -0.2) is 0 Å². The third kappa shape index (κ3) is 4.93. The van der Waals surface area contributed by atoms with Gasteiger partial charge in [0.25, 0.3) is 0 Å². The van der Waals surface area contributed by atoms with E-state index in [4.69, 9.17) is 4.89 Å². The van der Waals surface area contributed by atoms with Crippen LogP contribution < -0.4 is 0 Å². The van der Waals surface area contributed by atoms with Gasteiger partial charge in [-0.05, 0) is 53.5 Å². The monoisotopic (exact) mass is 456 g/mol. The normalized spacial score (nSPS) is 16.1. The van der Waals surface area contributed by atoms with Gasteiger partial charge in [-0.1, -0.05) is 19.8 Å². The third-order valence-corrected chi connectivity index (χ3v) is 7.38. The lowest BCUT2D eigenvalue weighted by molar-refractivity contribution is -0.134. The molecule has 1 saturated heterocycles. The van der Waals surface area contributed by atoms with Crippen LogP contribution in [-0.4, -0.2) is 34.6 Å². The molecule has 0 spiro atoms. The molecule has 1 N–H and O–H groups in total. The molecular weight excluding hydrogens is 431 g/mol. The highest BCUT2D eigenvalue weighted by molar-refractivity contribution is 7.39. The molecule has 2 heterocycles. The molecule has 1 aromatic heterocycles. The Kier molecular flexibility index (Phi) is 7.32. The summed E-state index contributed by atoms with van der Waals surface area (Å²) in [5, 5.41) is 0.424. The average molecular weight is 456 g/mol. The molecule has 1 amide bonds. The Hall–Kier alpha value is -1.76. The Morgan fingerprint density at radius 2 is 1.97 bits per heavy atom. The van der Waals surface area contributed by atoms with Crippen LogP contribution in [0.2, 0.25) is 0 Å². The van der Waals surface area contributed by atoms with Crippen molar-refractivity contribution in [2.45, 2.75) is 51.1 Å². The zero-order valence-electron chi connectivity index (χ0n) is 16.8. The molecule has 30 heavy (non-hydrogen) atoms. The molecule has 0 radical (unpaired) electrons. The van der Waals surface area contributed by atoms with Gasteiger partial charge >= 0.3 is 13.7 Å². The van der Waals surface area contributed by atoms with Crippen LogP contribution in [0.1, 0.15) is 60.7 Å². The minimum absolute atomic E-state index is 0.0316. The van der Waals surface area contributed by atoms with Crippen molar-refractivity contribution in [1.29, 1.82) is 0 Å². The molecule has 162 valence electrons. The van der Waals surface area contributed by atoms with Crippen molar-refractivity contribution in [2.24, 2.45) is 5.92 Å². The Balaban J connectivity index is 1.80. The zero-order chi connectivity index (χ0) is 21.9. The number of hydrogen-bond donors (Lipinski definition) is 1. The number of hydrogen-bond acceptors (Lipinski definition) is 4.